The van der Waals surface area contributed by atoms with Gasteiger partial charge in [0.05, 0.1) is 22.1 Å². The topological polar surface area (TPSA) is 21.3 Å². The summed E-state index contributed by atoms with van der Waals surface area (Å²) in [6, 6.07) is 73.1. The number of halogens is 1. The minimum atomic E-state index is -0.213. The Labute approximate surface area is 335 Å². The lowest BCUT2D eigenvalue weighted by atomic mass is 10.0. The van der Waals surface area contributed by atoms with Gasteiger partial charge < -0.3 is 13.9 Å². The lowest BCUT2D eigenvalue weighted by Crippen LogP contribution is -2.10. The number of benzene rings is 9. The van der Waals surface area contributed by atoms with Crippen molar-refractivity contribution < 1.29 is 8.81 Å². The fourth-order valence-electron chi connectivity index (χ4n) is 8.55. The third-order valence-electron chi connectivity index (χ3n) is 11.3. The number of para-hydroxylation sites is 1. The second-order valence-corrected chi connectivity index (χ2v) is 14.7. The first-order valence-electron chi connectivity index (χ1n) is 19.5. The summed E-state index contributed by atoms with van der Waals surface area (Å²) >= 11 is 0. The molecule has 4 heteroatoms. The summed E-state index contributed by atoms with van der Waals surface area (Å²) in [4.78, 5) is 2.32. The Morgan fingerprint density at radius 2 is 0.931 bits per heavy atom. The van der Waals surface area contributed by atoms with E-state index in [9.17, 15) is 0 Å². The van der Waals surface area contributed by atoms with E-state index < -0.39 is 0 Å². The van der Waals surface area contributed by atoms with Crippen molar-refractivity contribution in [2.75, 3.05) is 4.90 Å². The highest BCUT2D eigenvalue weighted by molar-refractivity contribution is 6.14. The molecule has 0 amide bonds. The molecule has 0 unspecified atom stereocenters. The van der Waals surface area contributed by atoms with Crippen LogP contribution in [0.5, 0.6) is 0 Å². The van der Waals surface area contributed by atoms with Crippen LogP contribution in [0.15, 0.2) is 217 Å². The molecule has 0 saturated heterocycles. The quantitative estimate of drug-likeness (QED) is 0.162. The second kappa shape index (κ2) is 13.8. The zero-order valence-corrected chi connectivity index (χ0v) is 31.4. The van der Waals surface area contributed by atoms with Gasteiger partial charge in [-0.3, -0.25) is 0 Å². The second-order valence-electron chi connectivity index (χ2n) is 14.7. The molecule has 2 aromatic heterocycles. The van der Waals surface area contributed by atoms with Gasteiger partial charge in [-0.2, -0.15) is 0 Å². The van der Waals surface area contributed by atoms with Gasteiger partial charge in [-0.05, 0) is 112 Å². The Balaban J connectivity index is 1.03. The molecule has 11 aromatic rings. The number of aromatic nitrogens is 1. The maximum Gasteiger partial charge on any atom is 0.137 e. The van der Waals surface area contributed by atoms with Gasteiger partial charge in [0.1, 0.15) is 17.0 Å². The Morgan fingerprint density at radius 1 is 0.379 bits per heavy atom. The minimum Gasteiger partial charge on any atom is -0.456 e. The minimum absolute atomic E-state index is 0.213. The van der Waals surface area contributed by atoms with E-state index in [-0.39, 0.29) is 5.82 Å². The number of furan rings is 1. The number of hydrogen-bond donors (Lipinski definition) is 0. The van der Waals surface area contributed by atoms with Gasteiger partial charge in [0.25, 0.3) is 0 Å². The van der Waals surface area contributed by atoms with Crippen LogP contribution in [0.3, 0.4) is 0 Å². The zero-order chi connectivity index (χ0) is 38.6. The van der Waals surface area contributed by atoms with Crippen molar-refractivity contribution in [2.45, 2.75) is 0 Å². The first-order valence-corrected chi connectivity index (χ1v) is 19.5. The molecular formula is C54H35FN2O. The van der Waals surface area contributed by atoms with Crippen molar-refractivity contribution in [2.24, 2.45) is 0 Å². The van der Waals surface area contributed by atoms with Gasteiger partial charge in [-0.25, -0.2) is 4.39 Å². The standard InChI is InChI=1S/C54H35FN2O/c55-47-19-10-21-49-53(47)45-18-7-8-20-48(45)57(49)44-17-9-16-40(34-44)39-26-31-43(32-27-39)56(42-29-24-38(25-30-42)36-12-3-1-4-13-36)50-22-11-23-51-54(50)46-33-28-41(35-52(46)58-51)37-14-5-2-6-15-37/h1-35H. The maximum atomic E-state index is 15.2. The average molecular weight is 747 g/mol. The lowest BCUT2D eigenvalue weighted by Gasteiger charge is -2.26. The molecule has 0 fully saturated rings. The molecule has 9 aromatic carbocycles. The van der Waals surface area contributed by atoms with E-state index >= 15 is 4.39 Å². The summed E-state index contributed by atoms with van der Waals surface area (Å²) < 4.78 is 24.0. The molecule has 0 spiro atoms. The maximum absolute atomic E-state index is 15.2. The highest BCUT2D eigenvalue weighted by Gasteiger charge is 2.21. The molecule has 0 atom stereocenters. The molecule has 0 radical (unpaired) electrons. The summed E-state index contributed by atoms with van der Waals surface area (Å²) in [5.41, 5.74) is 14.3. The molecule has 11 rings (SSSR count). The fourth-order valence-corrected chi connectivity index (χ4v) is 8.55. The Hall–Kier alpha value is -7.69. The zero-order valence-electron chi connectivity index (χ0n) is 31.4. The predicted octanol–water partition coefficient (Wildman–Crippen LogP) is 15.3. The van der Waals surface area contributed by atoms with Crippen LogP contribution >= 0.6 is 0 Å². The first-order chi connectivity index (χ1) is 28.7. The SMILES string of the molecule is Fc1cccc2c1c1ccccc1n2-c1cccc(-c2ccc(N(c3ccc(-c4ccccc4)cc3)c3cccc4oc5cc(-c6ccccc6)ccc5c34)cc2)c1. The summed E-state index contributed by atoms with van der Waals surface area (Å²) in [5.74, 6) is -0.213. The van der Waals surface area contributed by atoms with E-state index in [0.717, 1.165) is 88.9 Å². The molecule has 274 valence electrons. The van der Waals surface area contributed by atoms with E-state index in [1.54, 1.807) is 6.07 Å². The molecule has 0 aliphatic rings. The number of anilines is 3. The average Bonchev–Trinajstić information content (AvgIpc) is 3.84. The third-order valence-corrected chi connectivity index (χ3v) is 11.3. The van der Waals surface area contributed by atoms with Crippen LogP contribution in [-0.2, 0) is 0 Å². The smallest absolute Gasteiger partial charge is 0.137 e. The van der Waals surface area contributed by atoms with Crippen LogP contribution < -0.4 is 4.90 Å². The van der Waals surface area contributed by atoms with Gasteiger partial charge in [0.15, 0.2) is 0 Å². The van der Waals surface area contributed by atoms with Gasteiger partial charge >= 0.3 is 0 Å². The highest BCUT2D eigenvalue weighted by atomic mass is 19.1. The van der Waals surface area contributed by atoms with Crippen molar-refractivity contribution in [1.82, 2.24) is 4.57 Å². The lowest BCUT2D eigenvalue weighted by molar-refractivity contribution is 0.640. The van der Waals surface area contributed by atoms with E-state index in [4.69, 9.17) is 4.42 Å². The van der Waals surface area contributed by atoms with Crippen molar-refractivity contribution in [1.29, 1.82) is 0 Å². The van der Waals surface area contributed by atoms with Crippen LogP contribution in [0.2, 0.25) is 0 Å². The predicted molar refractivity (Wildman–Crippen MR) is 239 cm³/mol. The Morgan fingerprint density at radius 3 is 1.67 bits per heavy atom. The Bertz CT molecular complexity index is 3270. The first kappa shape index (κ1) is 33.6. The van der Waals surface area contributed by atoms with Crippen LogP contribution in [0.1, 0.15) is 0 Å². The largest absolute Gasteiger partial charge is 0.456 e. The van der Waals surface area contributed by atoms with Crippen LogP contribution in [0.4, 0.5) is 21.5 Å². The fraction of sp³-hybridized carbons (Fsp3) is 0. The van der Waals surface area contributed by atoms with E-state index in [1.165, 1.54) is 11.6 Å². The van der Waals surface area contributed by atoms with Crippen LogP contribution in [0, 0.1) is 5.82 Å². The van der Waals surface area contributed by atoms with Gasteiger partial charge in [-0.1, -0.05) is 133 Å². The summed E-state index contributed by atoms with van der Waals surface area (Å²) in [6.45, 7) is 0. The Kier molecular flexibility index (Phi) is 8.00. The van der Waals surface area contributed by atoms with Crippen molar-refractivity contribution in [3.05, 3.63) is 218 Å². The normalized spacial score (nSPS) is 11.5. The van der Waals surface area contributed by atoms with Crippen LogP contribution in [-0.4, -0.2) is 4.57 Å². The van der Waals surface area contributed by atoms with Crippen molar-refractivity contribution in [3.63, 3.8) is 0 Å². The number of hydrogen-bond acceptors (Lipinski definition) is 2. The molecule has 58 heavy (non-hydrogen) atoms. The van der Waals surface area contributed by atoms with Crippen LogP contribution in [0.25, 0.3) is 82.8 Å². The van der Waals surface area contributed by atoms with E-state index in [1.807, 2.05) is 36.4 Å². The molecule has 0 saturated carbocycles. The van der Waals surface area contributed by atoms with Crippen molar-refractivity contribution >= 4 is 60.8 Å². The molecule has 0 bridgehead atoms. The highest BCUT2D eigenvalue weighted by Crippen LogP contribution is 2.44. The summed E-state index contributed by atoms with van der Waals surface area (Å²) in [6.07, 6.45) is 0. The molecular weight excluding hydrogens is 712 g/mol. The summed E-state index contributed by atoms with van der Waals surface area (Å²) in [5, 5.41) is 3.67. The molecule has 0 N–H and O–H groups in total. The molecule has 3 nitrogen and oxygen atoms in total. The number of rotatable bonds is 7. The van der Waals surface area contributed by atoms with Gasteiger partial charge in [0.2, 0.25) is 0 Å². The molecule has 0 aliphatic heterocycles. The van der Waals surface area contributed by atoms with Gasteiger partial charge in [0, 0.05) is 33.2 Å². The van der Waals surface area contributed by atoms with E-state index in [2.05, 4.69) is 173 Å². The summed E-state index contributed by atoms with van der Waals surface area (Å²) in [7, 11) is 0. The van der Waals surface area contributed by atoms with Gasteiger partial charge in [-0.15, -0.1) is 0 Å². The third kappa shape index (κ3) is 5.65. The number of nitrogens with zero attached hydrogens (tertiary/aromatic N) is 2. The van der Waals surface area contributed by atoms with E-state index in [0.29, 0.717) is 5.39 Å². The molecule has 0 aliphatic carbocycles. The monoisotopic (exact) mass is 746 g/mol. The molecule has 2 heterocycles. The van der Waals surface area contributed by atoms with Crippen molar-refractivity contribution in [3.8, 4) is 39.1 Å². The number of fused-ring (bicyclic) bond motifs is 6.